The maximum Gasteiger partial charge on any atom is 0.267 e. The second-order valence-electron chi connectivity index (χ2n) is 10.0. The molecule has 0 N–H and O–H groups in total. The highest BCUT2D eigenvalue weighted by atomic mass is 32.2. The predicted molar refractivity (Wildman–Crippen MR) is 164 cm³/mol. The van der Waals surface area contributed by atoms with E-state index < -0.39 is 0 Å². The number of thiocarbonyl (C=S) groups is 1. The van der Waals surface area contributed by atoms with Gasteiger partial charge < -0.3 is 9.47 Å². The fraction of sp³-hybridized carbons (Fsp3) is 0.333. The molecule has 2 aliphatic heterocycles. The van der Waals surface area contributed by atoms with Gasteiger partial charge >= 0.3 is 0 Å². The molecule has 0 unspecified atom stereocenters. The number of hydrogen-bond donors (Lipinski definition) is 0. The molecule has 1 fully saturated rings. The first-order chi connectivity index (χ1) is 19.2. The maximum absolute atomic E-state index is 13.7. The van der Waals surface area contributed by atoms with Crippen molar-refractivity contribution >= 4 is 40.3 Å². The molecule has 0 spiro atoms. The molecule has 3 aromatic carbocycles. The summed E-state index contributed by atoms with van der Waals surface area (Å²) in [6.07, 6.45) is 12.2. The lowest BCUT2D eigenvalue weighted by molar-refractivity contribution is -0.123. The van der Waals surface area contributed by atoms with Crippen molar-refractivity contribution in [2.75, 3.05) is 6.61 Å². The Hall–Kier alpha value is -3.09. The lowest BCUT2D eigenvalue weighted by atomic mass is 9.93. The van der Waals surface area contributed by atoms with Crippen molar-refractivity contribution in [3.05, 3.63) is 94.4 Å². The molecule has 2 aliphatic rings. The molecule has 2 heterocycles. The van der Waals surface area contributed by atoms with Gasteiger partial charge in [0.1, 0.15) is 21.6 Å². The minimum atomic E-state index is -0.323. The van der Waals surface area contributed by atoms with Crippen LogP contribution in [0.25, 0.3) is 6.08 Å². The van der Waals surface area contributed by atoms with Gasteiger partial charge in [0.25, 0.3) is 5.91 Å². The van der Waals surface area contributed by atoms with Gasteiger partial charge in [-0.1, -0.05) is 124 Å². The van der Waals surface area contributed by atoms with Crippen molar-refractivity contribution in [2.24, 2.45) is 0 Å². The van der Waals surface area contributed by atoms with Gasteiger partial charge in [-0.25, -0.2) is 0 Å². The average molecular weight is 558 g/mol. The summed E-state index contributed by atoms with van der Waals surface area (Å²) in [6.45, 7) is 2.99. The van der Waals surface area contributed by atoms with Crippen molar-refractivity contribution in [1.82, 2.24) is 4.90 Å². The molecule has 5 rings (SSSR count). The molecule has 1 amide bonds. The van der Waals surface area contributed by atoms with E-state index >= 15 is 0 Å². The number of thioether (sulfide) groups is 1. The van der Waals surface area contributed by atoms with Crippen molar-refractivity contribution in [2.45, 2.75) is 64.3 Å². The van der Waals surface area contributed by atoms with Crippen LogP contribution in [-0.2, 0) is 4.79 Å². The molecule has 3 aromatic rings. The average Bonchev–Trinajstić information content (AvgIpc) is 3.23. The number of ether oxygens (including phenoxy) is 2. The second-order valence-corrected chi connectivity index (χ2v) is 11.7. The zero-order valence-corrected chi connectivity index (χ0v) is 24.1. The summed E-state index contributed by atoms with van der Waals surface area (Å²) >= 11 is 7.09. The quantitative estimate of drug-likeness (QED) is 0.126. The van der Waals surface area contributed by atoms with Crippen LogP contribution >= 0.6 is 24.0 Å². The molecule has 0 aromatic heterocycles. The molecule has 0 aliphatic carbocycles. The van der Waals surface area contributed by atoms with Gasteiger partial charge in [-0.2, -0.15) is 0 Å². The molecule has 0 bridgehead atoms. The first-order valence-corrected chi connectivity index (χ1v) is 15.2. The number of carbonyl (C=O) groups is 1. The summed E-state index contributed by atoms with van der Waals surface area (Å²) in [5, 5.41) is 0. The molecule has 39 heavy (non-hydrogen) atoms. The molecule has 4 nitrogen and oxygen atoms in total. The van der Waals surface area contributed by atoms with Crippen LogP contribution in [0.1, 0.15) is 81.0 Å². The van der Waals surface area contributed by atoms with Gasteiger partial charge in [0.05, 0.1) is 17.6 Å². The highest BCUT2D eigenvalue weighted by molar-refractivity contribution is 8.26. The van der Waals surface area contributed by atoms with E-state index in [0.717, 1.165) is 47.0 Å². The Labute approximate surface area is 241 Å². The Bertz CT molecular complexity index is 1290. The topological polar surface area (TPSA) is 38.8 Å². The Morgan fingerprint density at radius 3 is 2.08 bits per heavy atom. The number of hydrogen-bond acceptors (Lipinski definition) is 5. The van der Waals surface area contributed by atoms with Crippen LogP contribution < -0.4 is 9.47 Å². The smallest absolute Gasteiger partial charge is 0.267 e. The monoisotopic (exact) mass is 557 g/mol. The van der Waals surface area contributed by atoms with Crippen molar-refractivity contribution in [1.29, 1.82) is 0 Å². The summed E-state index contributed by atoms with van der Waals surface area (Å²) in [5.74, 6) is 2.28. The van der Waals surface area contributed by atoms with Crippen molar-refractivity contribution in [3.63, 3.8) is 0 Å². The summed E-state index contributed by atoms with van der Waals surface area (Å²) < 4.78 is 12.6. The fourth-order valence-electron chi connectivity index (χ4n) is 5.10. The Morgan fingerprint density at radius 1 is 0.846 bits per heavy atom. The van der Waals surface area contributed by atoms with E-state index in [9.17, 15) is 4.79 Å². The predicted octanol–water partition coefficient (Wildman–Crippen LogP) is 9.30. The van der Waals surface area contributed by atoms with E-state index in [4.69, 9.17) is 21.7 Å². The third kappa shape index (κ3) is 6.56. The SMILES string of the molecule is CCCCCCCCCCOc1ccc(/C=C2/SC(=S)N(C3c4ccccc4Oc4ccccc43)C2=O)cc1. The molecular weight excluding hydrogens is 523 g/mol. The molecule has 0 radical (unpaired) electrons. The van der Waals surface area contributed by atoms with Crippen LogP contribution in [0.3, 0.4) is 0 Å². The highest BCUT2D eigenvalue weighted by Gasteiger charge is 2.42. The largest absolute Gasteiger partial charge is 0.494 e. The van der Waals surface area contributed by atoms with Crippen molar-refractivity contribution < 1.29 is 14.3 Å². The van der Waals surface area contributed by atoms with Crippen LogP contribution in [0.15, 0.2) is 77.7 Å². The van der Waals surface area contributed by atoms with Crippen LogP contribution in [0, 0.1) is 0 Å². The van der Waals surface area contributed by atoms with Gasteiger partial charge in [0, 0.05) is 11.1 Å². The fourth-order valence-corrected chi connectivity index (χ4v) is 6.42. The number of amides is 1. The first-order valence-electron chi connectivity index (χ1n) is 14.0. The van der Waals surface area contributed by atoms with Crippen LogP contribution in [0.2, 0.25) is 0 Å². The summed E-state index contributed by atoms with van der Waals surface area (Å²) in [7, 11) is 0. The molecule has 0 atom stereocenters. The lowest BCUT2D eigenvalue weighted by Crippen LogP contribution is -2.34. The number of rotatable bonds is 12. The number of carbonyl (C=O) groups excluding carboxylic acids is 1. The van der Waals surface area contributed by atoms with E-state index in [1.807, 2.05) is 78.9 Å². The van der Waals surface area contributed by atoms with Crippen molar-refractivity contribution in [3.8, 4) is 17.2 Å². The van der Waals surface area contributed by atoms with Gasteiger partial charge in [-0.15, -0.1) is 0 Å². The number of benzene rings is 3. The van der Waals surface area contributed by atoms with Gasteiger partial charge in [0.15, 0.2) is 0 Å². The Balaban J connectivity index is 1.21. The standard InChI is InChI=1S/C33H35NO3S2/c1-2-3-4-5-6-7-8-13-22-36-25-20-18-24(19-21-25)23-30-32(35)34(33(38)39-30)31-26-14-9-11-16-28(26)37-29-17-12-10-15-27(29)31/h9-12,14-21,23,31H,2-8,13,22H2,1H3/b30-23+. The molecular formula is C33H35NO3S2. The lowest BCUT2D eigenvalue weighted by Gasteiger charge is -2.33. The maximum atomic E-state index is 13.7. The number of fused-ring (bicyclic) bond motifs is 2. The molecule has 1 saturated heterocycles. The van der Waals surface area contributed by atoms with E-state index in [2.05, 4.69) is 6.92 Å². The highest BCUT2D eigenvalue weighted by Crippen LogP contribution is 2.49. The molecule has 0 saturated carbocycles. The minimum Gasteiger partial charge on any atom is -0.494 e. The van der Waals surface area contributed by atoms with E-state index in [-0.39, 0.29) is 11.9 Å². The minimum absolute atomic E-state index is 0.0865. The second kappa shape index (κ2) is 13.3. The van der Waals surface area contributed by atoms with Crippen LogP contribution in [0.5, 0.6) is 17.2 Å². The summed E-state index contributed by atoms with van der Waals surface area (Å²) in [6, 6.07) is 23.3. The Morgan fingerprint density at radius 2 is 1.44 bits per heavy atom. The van der Waals surface area contributed by atoms with Crippen LogP contribution in [-0.4, -0.2) is 21.7 Å². The van der Waals surface area contributed by atoms with E-state index in [0.29, 0.717) is 9.23 Å². The van der Waals surface area contributed by atoms with Crippen LogP contribution in [0.4, 0.5) is 0 Å². The molecule has 202 valence electrons. The van der Waals surface area contributed by atoms with E-state index in [1.54, 1.807) is 4.90 Å². The number of unbranched alkanes of at least 4 members (excludes halogenated alkanes) is 7. The third-order valence-corrected chi connectivity index (χ3v) is 8.50. The number of nitrogens with zero attached hydrogens (tertiary/aromatic N) is 1. The van der Waals surface area contributed by atoms with Gasteiger partial charge in [-0.3, -0.25) is 9.69 Å². The van der Waals surface area contributed by atoms with E-state index in [1.165, 1.54) is 56.7 Å². The zero-order chi connectivity index (χ0) is 27.0. The zero-order valence-electron chi connectivity index (χ0n) is 22.4. The number of para-hydroxylation sites is 2. The normalized spacial score (nSPS) is 15.8. The third-order valence-electron chi connectivity index (χ3n) is 7.17. The summed E-state index contributed by atoms with van der Waals surface area (Å²) in [4.78, 5) is 16.0. The van der Waals surface area contributed by atoms with Gasteiger partial charge in [0.2, 0.25) is 0 Å². The Kier molecular flexibility index (Phi) is 9.38. The van der Waals surface area contributed by atoms with Gasteiger partial charge in [-0.05, 0) is 42.3 Å². The molecule has 6 heteroatoms. The summed E-state index contributed by atoms with van der Waals surface area (Å²) in [5.41, 5.74) is 2.82. The first kappa shape index (κ1) is 27.5.